The van der Waals surface area contributed by atoms with Crippen LogP contribution in [0.3, 0.4) is 0 Å². The van der Waals surface area contributed by atoms with E-state index in [4.69, 9.17) is 56.8 Å². The highest BCUT2D eigenvalue weighted by molar-refractivity contribution is 5.49. The van der Waals surface area contributed by atoms with E-state index >= 15 is 0 Å². The van der Waals surface area contributed by atoms with Gasteiger partial charge in [0.15, 0.2) is 0 Å². The Morgan fingerprint density at radius 1 is 0.381 bits per heavy atom. The monoisotopic (exact) mass is 614 g/mol. The van der Waals surface area contributed by atoms with Gasteiger partial charge in [0.2, 0.25) is 0 Å². The summed E-state index contributed by atoms with van der Waals surface area (Å²) in [4.78, 5) is 20.7. The molecule has 0 radical (unpaired) electrons. The van der Waals surface area contributed by atoms with Crippen molar-refractivity contribution >= 4 is 12.6 Å². The third kappa shape index (κ3) is 31.8. The Morgan fingerprint density at radius 2 is 0.667 bits per heavy atom. The van der Waals surface area contributed by atoms with Gasteiger partial charge < -0.3 is 66.4 Å². The molecule has 0 heterocycles. The molecule has 0 rings (SSSR count). The fourth-order valence-corrected chi connectivity index (χ4v) is 3.00. The maximum Gasteiger partial charge on any atom is 0.122 e. The Balaban J connectivity index is 4.28. The minimum atomic E-state index is -0.316. The number of hydrogen-bond donors (Lipinski definition) is 0. The molecular weight excluding hydrogens is 560 g/mol. The van der Waals surface area contributed by atoms with Crippen molar-refractivity contribution in [2.75, 3.05) is 146 Å². The molecule has 0 aliphatic rings. The van der Waals surface area contributed by atoms with Gasteiger partial charge in [-0.2, -0.15) is 0 Å². The van der Waals surface area contributed by atoms with E-state index in [2.05, 4.69) is 0 Å². The number of rotatable bonds is 37. The Labute approximate surface area is 250 Å². The first kappa shape index (κ1) is 40.9. The molecule has 0 aromatic rings. The summed E-state index contributed by atoms with van der Waals surface area (Å²) in [6.45, 7) is 8.05. The fraction of sp³-hybridized carbons (Fsp3) is 0.929. The first-order valence-corrected chi connectivity index (χ1v) is 14.5. The molecule has 2 atom stereocenters. The largest absolute Gasteiger partial charge is 0.382 e. The fourth-order valence-electron chi connectivity index (χ4n) is 3.00. The van der Waals surface area contributed by atoms with Crippen molar-refractivity contribution in [1.82, 2.24) is 0 Å². The van der Waals surface area contributed by atoms with Gasteiger partial charge in [-0.1, -0.05) is 0 Å². The van der Waals surface area contributed by atoms with E-state index in [0.717, 1.165) is 12.6 Å². The predicted octanol–water partition coefficient (Wildman–Crippen LogP) is 0.360. The molecule has 14 heteroatoms. The third-order valence-corrected chi connectivity index (χ3v) is 5.12. The molecule has 2 unspecified atom stereocenters. The smallest absolute Gasteiger partial charge is 0.122 e. The van der Waals surface area contributed by atoms with Crippen LogP contribution in [0.25, 0.3) is 0 Å². The Morgan fingerprint density at radius 3 is 1.00 bits per heavy atom. The molecular formula is C28H54O14. The lowest BCUT2D eigenvalue weighted by atomic mass is 10.4. The molecule has 0 N–H and O–H groups in total. The van der Waals surface area contributed by atoms with Crippen LogP contribution in [0.1, 0.15) is 12.8 Å². The topological polar surface area (TPSA) is 145 Å². The zero-order valence-electron chi connectivity index (χ0n) is 25.6. The molecule has 0 bridgehead atoms. The maximum absolute atomic E-state index is 10.4. The summed E-state index contributed by atoms with van der Waals surface area (Å²) in [7, 11) is 3.25. The van der Waals surface area contributed by atoms with Crippen molar-refractivity contribution in [1.29, 1.82) is 0 Å². The van der Waals surface area contributed by atoms with E-state index in [9.17, 15) is 9.59 Å². The number of carbonyl (C=O) groups is 2. The second-order valence-electron chi connectivity index (χ2n) is 8.63. The molecule has 0 aliphatic heterocycles. The number of methoxy groups -OCH3 is 2. The molecule has 0 aromatic heterocycles. The van der Waals surface area contributed by atoms with Gasteiger partial charge in [0.05, 0.1) is 132 Å². The second kappa shape index (κ2) is 36.1. The minimum Gasteiger partial charge on any atom is -0.382 e. The number of aldehydes is 2. The van der Waals surface area contributed by atoms with E-state index in [0.29, 0.717) is 145 Å². The van der Waals surface area contributed by atoms with Gasteiger partial charge in [-0.25, -0.2) is 0 Å². The van der Waals surface area contributed by atoms with Crippen molar-refractivity contribution in [3.63, 3.8) is 0 Å². The van der Waals surface area contributed by atoms with Crippen LogP contribution in [0.2, 0.25) is 0 Å². The minimum absolute atomic E-state index is 0.271. The van der Waals surface area contributed by atoms with Gasteiger partial charge >= 0.3 is 0 Å². The van der Waals surface area contributed by atoms with Crippen LogP contribution in [0.15, 0.2) is 0 Å². The second-order valence-corrected chi connectivity index (χ2v) is 8.63. The van der Waals surface area contributed by atoms with Gasteiger partial charge in [0.25, 0.3) is 0 Å². The number of hydrogen-bond acceptors (Lipinski definition) is 14. The quantitative estimate of drug-likeness (QED) is 0.0701. The summed E-state index contributed by atoms with van der Waals surface area (Å²) in [6.07, 6.45) is 1.75. The summed E-state index contributed by atoms with van der Waals surface area (Å²) in [5.41, 5.74) is 0. The van der Waals surface area contributed by atoms with E-state index in [-0.39, 0.29) is 12.2 Å². The zero-order chi connectivity index (χ0) is 30.6. The van der Waals surface area contributed by atoms with E-state index in [1.807, 2.05) is 0 Å². The third-order valence-electron chi connectivity index (χ3n) is 5.12. The van der Waals surface area contributed by atoms with Crippen molar-refractivity contribution in [2.24, 2.45) is 0 Å². The maximum atomic E-state index is 10.4. The highest BCUT2D eigenvalue weighted by Crippen LogP contribution is 2.00. The van der Waals surface area contributed by atoms with Crippen LogP contribution in [-0.4, -0.2) is 171 Å². The van der Waals surface area contributed by atoms with Crippen LogP contribution >= 0.6 is 0 Å². The van der Waals surface area contributed by atoms with Gasteiger partial charge in [-0.3, -0.25) is 0 Å². The first-order chi connectivity index (χ1) is 20.8. The molecule has 0 saturated carbocycles. The van der Waals surface area contributed by atoms with Crippen LogP contribution in [0.4, 0.5) is 0 Å². The highest BCUT2D eigenvalue weighted by Gasteiger charge is 2.12. The molecule has 42 heavy (non-hydrogen) atoms. The van der Waals surface area contributed by atoms with Gasteiger partial charge in [-0.15, -0.1) is 0 Å². The van der Waals surface area contributed by atoms with Crippen LogP contribution in [-0.2, 0) is 66.4 Å². The zero-order valence-corrected chi connectivity index (χ0v) is 25.6. The number of ether oxygens (including phenoxy) is 12. The van der Waals surface area contributed by atoms with E-state index in [1.165, 1.54) is 0 Å². The van der Waals surface area contributed by atoms with Crippen LogP contribution < -0.4 is 0 Å². The Kier molecular flexibility index (Phi) is 35.1. The van der Waals surface area contributed by atoms with Gasteiger partial charge in [0.1, 0.15) is 24.8 Å². The summed E-state index contributed by atoms with van der Waals surface area (Å²) < 4.78 is 65.9. The number of carbonyl (C=O) groups excluding carboxylic acids is 2. The first-order valence-electron chi connectivity index (χ1n) is 14.5. The average Bonchev–Trinajstić information content (AvgIpc) is 3.00. The summed E-state index contributed by atoms with van der Waals surface area (Å²) in [5.74, 6) is 0. The van der Waals surface area contributed by atoms with Crippen LogP contribution in [0.5, 0.6) is 0 Å². The van der Waals surface area contributed by atoms with E-state index in [1.54, 1.807) is 14.2 Å². The van der Waals surface area contributed by atoms with Crippen molar-refractivity contribution < 1.29 is 66.4 Å². The lowest BCUT2D eigenvalue weighted by molar-refractivity contribution is -0.110. The molecule has 0 aliphatic carbocycles. The molecule has 0 amide bonds. The predicted molar refractivity (Wildman–Crippen MR) is 151 cm³/mol. The lowest BCUT2D eigenvalue weighted by Crippen LogP contribution is -2.30. The van der Waals surface area contributed by atoms with Gasteiger partial charge in [0, 0.05) is 27.1 Å². The van der Waals surface area contributed by atoms with Gasteiger partial charge in [-0.05, 0) is 0 Å². The Hall–Kier alpha value is -1.14. The molecule has 0 spiro atoms. The highest BCUT2D eigenvalue weighted by atomic mass is 16.6. The lowest BCUT2D eigenvalue weighted by Gasteiger charge is -2.20. The Bertz CT molecular complexity index is 543. The summed E-state index contributed by atoms with van der Waals surface area (Å²) >= 11 is 0. The summed E-state index contributed by atoms with van der Waals surface area (Å²) in [6, 6.07) is 0. The molecule has 0 fully saturated rings. The standard InChI is InChI=1S/C28H54O14/c1-31-9-11-35-14-16-38-24-28(42-22-20-36-12-10-32-2)26-40-18-17-39-25-27(41-21-19-34-8-4-6-30)23-37-15-13-33-7-3-5-29/h5-6,27-28H,3-4,7-26H2,1-2H3. The normalized spacial score (nSPS) is 12.9. The molecule has 0 aromatic carbocycles. The van der Waals surface area contributed by atoms with Crippen LogP contribution in [0, 0.1) is 0 Å². The SMILES string of the molecule is COCCOCCOCC(COCCOCC(COCCOCCC=O)OCCOCCC=O)OCCOCCOC. The molecule has 14 nitrogen and oxygen atoms in total. The van der Waals surface area contributed by atoms with Crippen molar-refractivity contribution in [3.05, 3.63) is 0 Å². The summed E-state index contributed by atoms with van der Waals surface area (Å²) in [5, 5.41) is 0. The molecule has 250 valence electrons. The van der Waals surface area contributed by atoms with Crippen molar-refractivity contribution in [3.8, 4) is 0 Å². The average molecular weight is 615 g/mol. The van der Waals surface area contributed by atoms with E-state index < -0.39 is 0 Å². The van der Waals surface area contributed by atoms with Crippen molar-refractivity contribution in [2.45, 2.75) is 25.0 Å². The molecule has 0 saturated heterocycles.